The van der Waals surface area contributed by atoms with Crippen molar-refractivity contribution >= 4 is 38.5 Å². The Balaban J connectivity index is 2.32. The van der Waals surface area contributed by atoms with Crippen molar-refractivity contribution in [1.82, 2.24) is 14.7 Å². The molecule has 1 atom stereocenters. The van der Waals surface area contributed by atoms with Crippen LogP contribution in [-0.4, -0.2) is 35.3 Å². The number of nitrogens with zero attached hydrogens (tertiary/aromatic N) is 3. The van der Waals surface area contributed by atoms with Crippen LogP contribution in [0, 0.1) is 3.57 Å². The molecule has 0 spiro atoms. The van der Waals surface area contributed by atoms with Crippen LogP contribution < -0.4 is 5.73 Å². The van der Waals surface area contributed by atoms with Gasteiger partial charge in [0.2, 0.25) is 0 Å². The topological polar surface area (TPSA) is 47.1 Å². The second-order valence-electron chi connectivity index (χ2n) is 4.90. The molecule has 2 N–H and O–H groups in total. The summed E-state index contributed by atoms with van der Waals surface area (Å²) in [5, 5.41) is 4.42. The Bertz CT molecular complexity index is 582. The largest absolute Gasteiger partial charge is 0.319 e. The molecule has 1 unspecified atom stereocenters. The lowest BCUT2D eigenvalue weighted by molar-refractivity contribution is 0.368. The van der Waals surface area contributed by atoms with Gasteiger partial charge in [-0.1, -0.05) is 18.2 Å². The maximum absolute atomic E-state index is 6.46. The van der Waals surface area contributed by atoms with Gasteiger partial charge in [0.05, 0.1) is 29.0 Å². The minimum absolute atomic E-state index is 0.179. The number of hydrogen-bond acceptors (Lipinski definition) is 3. The molecule has 2 aromatic rings. The van der Waals surface area contributed by atoms with Crippen LogP contribution in [0.25, 0.3) is 0 Å². The minimum atomic E-state index is -0.179. The fourth-order valence-electron chi connectivity index (χ4n) is 2.03. The van der Waals surface area contributed by atoms with Crippen LogP contribution in [0.15, 0.2) is 34.9 Å². The van der Waals surface area contributed by atoms with Gasteiger partial charge in [-0.05, 0) is 64.2 Å². The molecule has 1 aromatic carbocycles. The van der Waals surface area contributed by atoms with Crippen LogP contribution in [0.5, 0.6) is 0 Å². The smallest absolute Gasteiger partial charge is 0.0745 e. The van der Waals surface area contributed by atoms with E-state index in [9.17, 15) is 0 Å². The lowest BCUT2D eigenvalue weighted by Crippen LogP contribution is -2.24. The first-order valence-corrected chi connectivity index (χ1v) is 8.24. The fourth-order valence-corrected chi connectivity index (χ4v) is 3.29. The molecule has 2 rings (SSSR count). The number of hydrogen-bond donors (Lipinski definition) is 1. The molecule has 108 valence electrons. The average molecular weight is 449 g/mol. The molecule has 0 aliphatic carbocycles. The van der Waals surface area contributed by atoms with Crippen LogP contribution in [-0.2, 0) is 6.54 Å². The van der Waals surface area contributed by atoms with Gasteiger partial charge in [-0.25, -0.2) is 0 Å². The third kappa shape index (κ3) is 3.60. The maximum Gasteiger partial charge on any atom is 0.0745 e. The van der Waals surface area contributed by atoms with Crippen LogP contribution in [0.4, 0.5) is 0 Å². The number of aromatic nitrogens is 2. The van der Waals surface area contributed by atoms with Crippen LogP contribution in [0.1, 0.15) is 17.3 Å². The molecular formula is C14H18BrIN4. The normalized spacial score (nSPS) is 12.9. The van der Waals surface area contributed by atoms with E-state index in [-0.39, 0.29) is 6.04 Å². The Morgan fingerprint density at radius 3 is 2.75 bits per heavy atom. The molecule has 0 saturated heterocycles. The summed E-state index contributed by atoms with van der Waals surface area (Å²) in [5.74, 6) is 0. The first-order valence-electron chi connectivity index (χ1n) is 6.36. The number of rotatable bonds is 5. The molecule has 4 nitrogen and oxygen atoms in total. The van der Waals surface area contributed by atoms with Gasteiger partial charge >= 0.3 is 0 Å². The van der Waals surface area contributed by atoms with Gasteiger partial charge in [-0.15, -0.1) is 0 Å². The van der Waals surface area contributed by atoms with E-state index >= 15 is 0 Å². The summed E-state index contributed by atoms with van der Waals surface area (Å²) in [6.07, 6.45) is 1.82. The van der Waals surface area contributed by atoms with E-state index in [4.69, 9.17) is 5.73 Å². The van der Waals surface area contributed by atoms with Gasteiger partial charge in [0, 0.05) is 10.1 Å². The summed E-state index contributed by atoms with van der Waals surface area (Å²) in [6.45, 7) is 1.75. The van der Waals surface area contributed by atoms with Gasteiger partial charge in [0.15, 0.2) is 0 Å². The van der Waals surface area contributed by atoms with Crippen molar-refractivity contribution in [2.75, 3.05) is 20.6 Å². The van der Waals surface area contributed by atoms with E-state index in [0.717, 1.165) is 28.8 Å². The van der Waals surface area contributed by atoms with E-state index < -0.39 is 0 Å². The molecule has 0 fully saturated rings. The summed E-state index contributed by atoms with van der Waals surface area (Å²) >= 11 is 5.89. The third-order valence-electron chi connectivity index (χ3n) is 3.13. The fraction of sp³-hybridized carbons (Fsp3) is 0.357. The van der Waals surface area contributed by atoms with Crippen molar-refractivity contribution in [3.63, 3.8) is 0 Å². The molecule has 1 heterocycles. The van der Waals surface area contributed by atoms with Crippen LogP contribution in [0.3, 0.4) is 0 Å². The standard InChI is InChI=1S/C14H18BrIN4/c1-19(2)7-8-20-14(11(15)9-18-20)13(17)10-5-3-4-6-12(10)16/h3-6,9,13H,7-8,17H2,1-2H3. The van der Waals surface area contributed by atoms with Gasteiger partial charge in [0.1, 0.15) is 0 Å². The van der Waals surface area contributed by atoms with Gasteiger partial charge < -0.3 is 10.6 Å². The SMILES string of the molecule is CN(C)CCn1ncc(Br)c1C(N)c1ccccc1I. The first kappa shape index (κ1) is 15.9. The monoisotopic (exact) mass is 448 g/mol. The van der Waals surface area contributed by atoms with Crippen molar-refractivity contribution in [2.24, 2.45) is 5.73 Å². The van der Waals surface area contributed by atoms with E-state index in [0.29, 0.717) is 0 Å². The Kier molecular flexibility index (Phi) is 5.59. The van der Waals surface area contributed by atoms with Gasteiger partial charge in [-0.3, -0.25) is 4.68 Å². The quantitative estimate of drug-likeness (QED) is 0.715. The van der Waals surface area contributed by atoms with Gasteiger partial charge in [0.25, 0.3) is 0 Å². The third-order valence-corrected chi connectivity index (χ3v) is 4.72. The molecular weight excluding hydrogens is 431 g/mol. The van der Waals surface area contributed by atoms with Crippen molar-refractivity contribution in [2.45, 2.75) is 12.6 Å². The summed E-state index contributed by atoms with van der Waals surface area (Å²) in [7, 11) is 4.11. The highest BCUT2D eigenvalue weighted by atomic mass is 127. The van der Waals surface area contributed by atoms with E-state index in [1.165, 1.54) is 3.57 Å². The molecule has 0 aliphatic heterocycles. The second-order valence-corrected chi connectivity index (χ2v) is 6.92. The van der Waals surface area contributed by atoms with Gasteiger partial charge in [-0.2, -0.15) is 5.10 Å². The number of halogens is 2. The molecule has 0 amide bonds. The highest BCUT2D eigenvalue weighted by molar-refractivity contribution is 14.1. The highest BCUT2D eigenvalue weighted by Crippen LogP contribution is 2.29. The predicted molar refractivity (Wildman–Crippen MR) is 93.7 cm³/mol. The summed E-state index contributed by atoms with van der Waals surface area (Å²) in [6, 6.07) is 8.01. The van der Waals surface area contributed by atoms with Crippen molar-refractivity contribution in [3.8, 4) is 0 Å². The van der Waals surface area contributed by atoms with E-state index in [2.05, 4.69) is 74.7 Å². The zero-order valence-corrected chi connectivity index (χ0v) is 15.3. The highest BCUT2D eigenvalue weighted by Gasteiger charge is 2.19. The molecule has 20 heavy (non-hydrogen) atoms. The lowest BCUT2D eigenvalue weighted by atomic mass is 10.0. The van der Waals surface area contributed by atoms with E-state index in [1.54, 1.807) is 0 Å². The van der Waals surface area contributed by atoms with E-state index in [1.807, 2.05) is 23.0 Å². The molecule has 0 bridgehead atoms. The second kappa shape index (κ2) is 7.02. The van der Waals surface area contributed by atoms with Crippen LogP contribution >= 0.6 is 38.5 Å². The Hall–Kier alpha value is -0.440. The average Bonchev–Trinajstić information content (AvgIpc) is 2.77. The number of nitrogens with two attached hydrogens (primary N) is 1. The number of benzene rings is 1. The van der Waals surface area contributed by atoms with Crippen molar-refractivity contribution < 1.29 is 0 Å². The predicted octanol–water partition coefficient (Wildman–Crippen LogP) is 2.86. The Labute approximate surface area is 141 Å². The Morgan fingerprint density at radius 2 is 2.10 bits per heavy atom. The maximum atomic E-state index is 6.46. The Morgan fingerprint density at radius 1 is 1.40 bits per heavy atom. The summed E-state index contributed by atoms with van der Waals surface area (Å²) in [4.78, 5) is 2.14. The zero-order chi connectivity index (χ0) is 14.7. The summed E-state index contributed by atoms with van der Waals surface area (Å²) in [5.41, 5.74) is 8.61. The lowest BCUT2D eigenvalue weighted by Gasteiger charge is -2.18. The molecule has 0 saturated carbocycles. The zero-order valence-electron chi connectivity index (χ0n) is 11.6. The minimum Gasteiger partial charge on any atom is -0.319 e. The molecule has 0 radical (unpaired) electrons. The molecule has 0 aliphatic rings. The van der Waals surface area contributed by atoms with Crippen LogP contribution in [0.2, 0.25) is 0 Å². The number of likely N-dealkylation sites (N-methyl/N-ethyl adjacent to an activating group) is 1. The molecule has 6 heteroatoms. The first-order chi connectivity index (χ1) is 9.50. The van der Waals surface area contributed by atoms with Crippen molar-refractivity contribution in [1.29, 1.82) is 0 Å². The van der Waals surface area contributed by atoms with Crippen molar-refractivity contribution in [3.05, 3.63) is 49.8 Å². The summed E-state index contributed by atoms with van der Waals surface area (Å²) < 4.78 is 4.12. The molecule has 1 aromatic heterocycles.